The number of hydrogen-bond donors (Lipinski definition) is 1. The molecule has 21 heavy (non-hydrogen) atoms. The zero-order valence-corrected chi connectivity index (χ0v) is 13.7. The average Bonchev–Trinajstić information content (AvgIpc) is 2.50. The summed E-state index contributed by atoms with van der Waals surface area (Å²) >= 11 is 12.1. The van der Waals surface area contributed by atoms with Crippen LogP contribution in [0, 0.1) is 0 Å². The summed E-state index contributed by atoms with van der Waals surface area (Å²) in [6, 6.07) is 10.4. The lowest BCUT2D eigenvalue weighted by atomic mass is 9.99. The van der Waals surface area contributed by atoms with Crippen LogP contribution in [0.5, 0.6) is 0 Å². The number of halogens is 2. The number of nitrogens with zero attached hydrogens (tertiary/aromatic N) is 1. The molecule has 1 atom stereocenters. The quantitative estimate of drug-likeness (QED) is 0.809. The van der Waals surface area contributed by atoms with Crippen molar-refractivity contribution in [3.63, 3.8) is 0 Å². The van der Waals surface area contributed by atoms with E-state index in [9.17, 15) is 0 Å². The van der Waals surface area contributed by atoms with E-state index in [0.717, 1.165) is 25.8 Å². The lowest BCUT2D eigenvalue weighted by Gasteiger charge is -2.18. The van der Waals surface area contributed by atoms with Crippen molar-refractivity contribution in [1.82, 2.24) is 10.3 Å². The molecule has 1 N–H and O–H groups in total. The summed E-state index contributed by atoms with van der Waals surface area (Å²) in [6.07, 6.45) is 6.78. The molecule has 1 unspecified atom stereocenters. The summed E-state index contributed by atoms with van der Waals surface area (Å²) < 4.78 is 0. The molecule has 0 aliphatic heterocycles. The van der Waals surface area contributed by atoms with Crippen LogP contribution in [-0.2, 0) is 12.8 Å². The van der Waals surface area contributed by atoms with E-state index in [1.54, 1.807) is 6.20 Å². The molecule has 0 saturated heterocycles. The van der Waals surface area contributed by atoms with Gasteiger partial charge in [-0.15, -0.1) is 0 Å². The standard InChI is InChI=1S/C17H20Cl2N2/c1-2-21-15(7-5-13-4-3-9-20-12-13)10-14-6-8-16(18)17(19)11-14/h3-4,6,8-9,11-12,15,21H,2,5,7,10H2,1H3. The molecule has 0 fully saturated rings. The van der Waals surface area contributed by atoms with Gasteiger partial charge >= 0.3 is 0 Å². The molecule has 0 spiro atoms. The van der Waals surface area contributed by atoms with E-state index in [0.29, 0.717) is 16.1 Å². The largest absolute Gasteiger partial charge is 0.314 e. The van der Waals surface area contributed by atoms with E-state index < -0.39 is 0 Å². The Balaban J connectivity index is 1.96. The number of aromatic nitrogens is 1. The molecule has 0 amide bonds. The van der Waals surface area contributed by atoms with E-state index in [-0.39, 0.29) is 0 Å². The van der Waals surface area contributed by atoms with Crippen molar-refractivity contribution in [2.75, 3.05) is 6.54 Å². The molecule has 2 nitrogen and oxygen atoms in total. The van der Waals surface area contributed by atoms with Gasteiger partial charge in [-0.2, -0.15) is 0 Å². The first-order chi connectivity index (χ1) is 10.2. The van der Waals surface area contributed by atoms with Gasteiger partial charge < -0.3 is 5.32 Å². The average molecular weight is 323 g/mol. The fourth-order valence-electron chi connectivity index (χ4n) is 2.40. The molecular formula is C17H20Cl2N2. The Morgan fingerprint density at radius 3 is 2.67 bits per heavy atom. The molecule has 0 aliphatic carbocycles. The first-order valence-electron chi connectivity index (χ1n) is 7.25. The highest BCUT2D eigenvalue weighted by Gasteiger charge is 2.10. The molecular weight excluding hydrogens is 303 g/mol. The zero-order chi connectivity index (χ0) is 15.1. The van der Waals surface area contributed by atoms with Crippen LogP contribution >= 0.6 is 23.2 Å². The summed E-state index contributed by atoms with van der Waals surface area (Å²) in [5, 5.41) is 4.77. The van der Waals surface area contributed by atoms with E-state index in [1.807, 2.05) is 30.5 Å². The number of nitrogens with one attached hydrogen (secondary N) is 1. The number of rotatable bonds is 7. The van der Waals surface area contributed by atoms with Crippen molar-refractivity contribution in [2.24, 2.45) is 0 Å². The molecule has 4 heteroatoms. The van der Waals surface area contributed by atoms with Crippen molar-refractivity contribution in [3.8, 4) is 0 Å². The van der Waals surface area contributed by atoms with Gasteiger partial charge in [0.1, 0.15) is 0 Å². The predicted octanol–water partition coefficient (Wildman–Crippen LogP) is 4.54. The van der Waals surface area contributed by atoms with E-state index >= 15 is 0 Å². The molecule has 0 bridgehead atoms. The number of aryl methyl sites for hydroxylation is 1. The summed E-state index contributed by atoms with van der Waals surface area (Å²) in [5.74, 6) is 0. The van der Waals surface area contributed by atoms with E-state index in [2.05, 4.69) is 23.3 Å². The summed E-state index contributed by atoms with van der Waals surface area (Å²) in [5.41, 5.74) is 2.48. The van der Waals surface area contributed by atoms with Crippen LogP contribution < -0.4 is 5.32 Å². The molecule has 1 heterocycles. The third-order valence-corrected chi connectivity index (χ3v) is 4.20. The third-order valence-electron chi connectivity index (χ3n) is 3.46. The van der Waals surface area contributed by atoms with Gasteiger partial charge in [-0.1, -0.05) is 42.3 Å². The smallest absolute Gasteiger partial charge is 0.0595 e. The summed E-state index contributed by atoms with van der Waals surface area (Å²) in [7, 11) is 0. The maximum atomic E-state index is 6.09. The van der Waals surface area contributed by atoms with Gasteiger partial charge in [0.2, 0.25) is 0 Å². The van der Waals surface area contributed by atoms with Crippen LogP contribution in [0.2, 0.25) is 10.0 Å². The minimum Gasteiger partial charge on any atom is -0.314 e. The van der Waals surface area contributed by atoms with Crippen molar-refractivity contribution in [2.45, 2.75) is 32.2 Å². The van der Waals surface area contributed by atoms with E-state index in [1.165, 1.54) is 11.1 Å². The highest BCUT2D eigenvalue weighted by Crippen LogP contribution is 2.23. The Labute approximate surface area is 136 Å². The van der Waals surface area contributed by atoms with Crippen LogP contribution in [0.15, 0.2) is 42.7 Å². The first-order valence-corrected chi connectivity index (χ1v) is 8.01. The Morgan fingerprint density at radius 1 is 1.14 bits per heavy atom. The summed E-state index contributed by atoms with van der Waals surface area (Å²) in [4.78, 5) is 4.16. The van der Waals surface area contributed by atoms with Crippen molar-refractivity contribution >= 4 is 23.2 Å². The second-order valence-corrected chi connectivity index (χ2v) is 5.92. The monoisotopic (exact) mass is 322 g/mol. The fourth-order valence-corrected chi connectivity index (χ4v) is 2.72. The fraction of sp³-hybridized carbons (Fsp3) is 0.353. The van der Waals surface area contributed by atoms with Gasteiger partial charge in [-0.3, -0.25) is 4.98 Å². The first kappa shape index (κ1) is 16.3. The topological polar surface area (TPSA) is 24.9 Å². The van der Waals surface area contributed by atoms with Crippen LogP contribution in [0.3, 0.4) is 0 Å². The number of hydrogen-bond acceptors (Lipinski definition) is 2. The second-order valence-electron chi connectivity index (χ2n) is 5.11. The molecule has 1 aromatic carbocycles. The second kappa shape index (κ2) is 8.38. The molecule has 2 aromatic rings. The molecule has 0 aliphatic rings. The lowest BCUT2D eigenvalue weighted by molar-refractivity contribution is 0.491. The number of likely N-dealkylation sites (N-methyl/N-ethyl adjacent to an activating group) is 1. The van der Waals surface area contributed by atoms with Gasteiger partial charge in [0.05, 0.1) is 10.0 Å². The zero-order valence-electron chi connectivity index (χ0n) is 12.2. The van der Waals surface area contributed by atoms with Crippen molar-refractivity contribution < 1.29 is 0 Å². The van der Waals surface area contributed by atoms with Crippen LogP contribution in [0.1, 0.15) is 24.5 Å². The Morgan fingerprint density at radius 2 is 2.00 bits per heavy atom. The highest BCUT2D eigenvalue weighted by atomic mass is 35.5. The van der Waals surface area contributed by atoms with E-state index in [4.69, 9.17) is 23.2 Å². The number of pyridine rings is 1. The SMILES string of the molecule is CCNC(CCc1cccnc1)Cc1ccc(Cl)c(Cl)c1. The van der Waals surface area contributed by atoms with Gasteiger partial charge in [0, 0.05) is 18.4 Å². The van der Waals surface area contributed by atoms with Crippen molar-refractivity contribution in [3.05, 3.63) is 63.9 Å². The molecule has 0 saturated carbocycles. The Kier molecular flexibility index (Phi) is 6.50. The Hall–Kier alpha value is -1.09. The third kappa shape index (κ3) is 5.31. The number of benzene rings is 1. The van der Waals surface area contributed by atoms with Gasteiger partial charge in [-0.05, 0) is 55.1 Å². The van der Waals surface area contributed by atoms with Gasteiger partial charge in [0.25, 0.3) is 0 Å². The maximum absolute atomic E-state index is 6.09. The molecule has 1 aromatic heterocycles. The molecule has 0 radical (unpaired) electrons. The van der Waals surface area contributed by atoms with Gasteiger partial charge in [0.15, 0.2) is 0 Å². The van der Waals surface area contributed by atoms with Crippen molar-refractivity contribution in [1.29, 1.82) is 0 Å². The minimum absolute atomic E-state index is 0.424. The van der Waals surface area contributed by atoms with Gasteiger partial charge in [-0.25, -0.2) is 0 Å². The highest BCUT2D eigenvalue weighted by molar-refractivity contribution is 6.42. The normalized spacial score (nSPS) is 12.3. The van der Waals surface area contributed by atoms with Crippen LogP contribution in [-0.4, -0.2) is 17.6 Å². The van der Waals surface area contributed by atoms with Crippen LogP contribution in [0.25, 0.3) is 0 Å². The Bertz CT molecular complexity index is 558. The molecule has 2 rings (SSSR count). The lowest BCUT2D eigenvalue weighted by Crippen LogP contribution is -2.31. The maximum Gasteiger partial charge on any atom is 0.0595 e. The van der Waals surface area contributed by atoms with Crippen LogP contribution in [0.4, 0.5) is 0 Å². The minimum atomic E-state index is 0.424. The predicted molar refractivity (Wildman–Crippen MR) is 90.2 cm³/mol. The summed E-state index contributed by atoms with van der Waals surface area (Å²) in [6.45, 7) is 3.09. The molecule has 112 valence electrons.